The first-order valence-corrected chi connectivity index (χ1v) is 6.09. The van der Waals surface area contributed by atoms with Gasteiger partial charge in [-0.3, -0.25) is 4.79 Å². The maximum Gasteiger partial charge on any atom is 0.225 e. The van der Waals surface area contributed by atoms with E-state index in [1.165, 1.54) is 6.07 Å². The first-order chi connectivity index (χ1) is 8.65. The number of para-hydroxylation sites is 1. The summed E-state index contributed by atoms with van der Waals surface area (Å²) in [5.74, 6) is -1.92. The van der Waals surface area contributed by atoms with Crippen LogP contribution in [0.15, 0.2) is 18.2 Å². The molecule has 0 saturated carbocycles. The Bertz CT molecular complexity index is 376. The largest absolute Gasteiger partial charge is 0.321 e. The zero-order valence-electron chi connectivity index (χ0n) is 10.4. The van der Waals surface area contributed by atoms with Gasteiger partial charge in [0.05, 0.1) is 0 Å². The fraction of sp³-hybridized carbons (Fsp3) is 0.462. The predicted octanol–water partition coefficient (Wildman–Crippen LogP) is 2.68. The molecule has 18 heavy (non-hydrogen) atoms. The maximum atomic E-state index is 13.2. The van der Waals surface area contributed by atoms with Gasteiger partial charge < -0.3 is 10.6 Å². The van der Waals surface area contributed by atoms with Crippen molar-refractivity contribution in [2.75, 3.05) is 18.4 Å². The van der Waals surface area contributed by atoms with Crippen LogP contribution in [0.2, 0.25) is 0 Å². The minimum Gasteiger partial charge on any atom is -0.321 e. The Morgan fingerprint density at radius 2 is 1.89 bits per heavy atom. The van der Waals surface area contributed by atoms with E-state index in [0.717, 1.165) is 31.5 Å². The summed E-state index contributed by atoms with van der Waals surface area (Å²) in [5.41, 5.74) is -0.379. The van der Waals surface area contributed by atoms with E-state index in [1.54, 1.807) is 0 Å². The van der Waals surface area contributed by atoms with E-state index < -0.39 is 17.5 Å². The predicted molar refractivity (Wildman–Crippen MR) is 67.4 cm³/mol. The minimum atomic E-state index is -0.762. The van der Waals surface area contributed by atoms with Crippen molar-refractivity contribution in [1.29, 1.82) is 0 Å². The molecule has 3 nitrogen and oxygen atoms in total. The summed E-state index contributed by atoms with van der Waals surface area (Å²) in [6.45, 7) is 3.43. The summed E-state index contributed by atoms with van der Waals surface area (Å²) in [6.07, 6.45) is 2.32. The molecule has 1 amide bonds. The Kier molecular flexibility index (Phi) is 6.28. The standard InChI is InChI=1S/C13H18F2N2O/c1-2-3-8-16-9-7-12(18)17-13-10(14)5-4-6-11(13)15/h4-6,16H,2-3,7-9H2,1H3,(H,17,18). The van der Waals surface area contributed by atoms with E-state index in [2.05, 4.69) is 17.6 Å². The van der Waals surface area contributed by atoms with E-state index in [4.69, 9.17) is 0 Å². The molecule has 0 saturated heterocycles. The number of nitrogens with one attached hydrogen (secondary N) is 2. The van der Waals surface area contributed by atoms with Crippen LogP contribution in [0.3, 0.4) is 0 Å². The summed E-state index contributed by atoms with van der Waals surface area (Å²) >= 11 is 0. The zero-order chi connectivity index (χ0) is 13.4. The SMILES string of the molecule is CCCCNCCC(=O)Nc1c(F)cccc1F. The van der Waals surface area contributed by atoms with Crippen molar-refractivity contribution in [3.05, 3.63) is 29.8 Å². The number of rotatable bonds is 7. The smallest absolute Gasteiger partial charge is 0.225 e. The van der Waals surface area contributed by atoms with Crippen LogP contribution in [-0.4, -0.2) is 19.0 Å². The fourth-order valence-corrected chi connectivity index (χ4v) is 1.45. The van der Waals surface area contributed by atoms with Gasteiger partial charge in [0, 0.05) is 13.0 Å². The Morgan fingerprint density at radius 1 is 1.22 bits per heavy atom. The van der Waals surface area contributed by atoms with Gasteiger partial charge in [0.2, 0.25) is 5.91 Å². The Labute approximate surface area is 106 Å². The number of carbonyl (C=O) groups is 1. The number of unbranched alkanes of at least 4 members (excludes halogenated alkanes) is 1. The molecule has 0 unspecified atom stereocenters. The summed E-state index contributed by atoms with van der Waals surface area (Å²) in [6, 6.07) is 3.48. The zero-order valence-corrected chi connectivity index (χ0v) is 10.4. The second-order valence-electron chi connectivity index (χ2n) is 4.00. The normalized spacial score (nSPS) is 10.4. The molecule has 1 aromatic carbocycles. The van der Waals surface area contributed by atoms with Crippen LogP contribution in [0.1, 0.15) is 26.2 Å². The van der Waals surface area contributed by atoms with E-state index >= 15 is 0 Å². The number of benzene rings is 1. The average molecular weight is 256 g/mol. The molecule has 100 valence electrons. The van der Waals surface area contributed by atoms with Crippen molar-refractivity contribution in [3.8, 4) is 0 Å². The van der Waals surface area contributed by atoms with Gasteiger partial charge in [-0.25, -0.2) is 8.78 Å². The maximum absolute atomic E-state index is 13.2. The van der Waals surface area contributed by atoms with Gasteiger partial charge in [-0.2, -0.15) is 0 Å². The van der Waals surface area contributed by atoms with Crippen LogP contribution < -0.4 is 10.6 Å². The van der Waals surface area contributed by atoms with Crippen LogP contribution in [0.4, 0.5) is 14.5 Å². The topological polar surface area (TPSA) is 41.1 Å². The van der Waals surface area contributed by atoms with Crippen molar-refractivity contribution in [1.82, 2.24) is 5.32 Å². The number of halogens is 2. The van der Waals surface area contributed by atoms with Crippen molar-refractivity contribution in [2.24, 2.45) is 0 Å². The molecule has 2 N–H and O–H groups in total. The third-order valence-corrected chi connectivity index (χ3v) is 2.46. The molecule has 5 heteroatoms. The second-order valence-corrected chi connectivity index (χ2v) is 4.00. The number of carbonyl (C=O) groups excluding carboxylic acids is 1. The molecule has 0 radical (unpaired) electrons. The van der Waals surface area contributed by atoms with Crippen molar-refractivity contribution < 1.29 is 13.6 Å². The highest BCUT2D eigenvalue weighted by Crippen LogP contribution is 2.17. The van der Waals surface area contributed by atoms with Crippen molar-refractivity contribution in [3.63, 3.8) is 0 Å². The monoisotopic (exact) mass is 256 g/mol. The van der Waals surface area contributed by atoms with Crippen LogP contribution in [0.25, 0.3) is 0 Å². The third kappa shape index (κ3) is 4.79. The highest BCUT2D eigenvalue weighted by Gasteiger charge is 2.11. The minimum absolute atomic E-state index is 0.192. The summed E-state index contributed by atoms with van der Waals surface area (Å²) in [4.78, 5) is 11.5. The number of amides is 1. The van der Waals surface area contributed by atoms with E-state index in [0.29, 0.717) is 6.54 Å². The molecular weight excluding hydrogens is 238 g/mol. The summed E-state index contributed by atoms with van der Waals surface area (Å²) < 4.78 is 26.5. The van der Waals surface area contributed by atoms with Crippen molar-refractivity contribution >= 4 is 11.6 Å². The van der Waals surface area contributed by atoms with Gasteiger partial charge in [-0.05, 0) is 25.1 Å². The van der Waals surface area contributed by atoms with Gasteiger partial charge >= 0.3 is 0 Å². The molecule has 0 aliphatic carbocycles. The molecule has 0 fully saturated rings. The number of hydrogen-bond donors (Lipinski definition) is 2. The molecule has 1 aromatic rings. The van der Waals surface area contributed by atoms with Gasteiger partial charge in [0.25, 0.3) is 0 Å². The molecule has 0 aliphatic rings. The van der Waals surface area contributed by atoms with E-state index in [9.17, 15) is 13.6 Å². The van der Waals surface area contributed by atoms with Crippen molar-refractivity contribution in [2.45, 2.75) is 26.2 Å². The fourth-order valence-electron chi connectivity index (χ4n) is 1.45. The second kappa shape index (κ2) is 7.76. The molecule has 0 bridgehead atoms. The van der Waals surface area contributed by atoms with E-state index in [-0.39, 0.29) is 12.1 Å². The molecular formula is C13H18F2N2O. The number of anilines is 1. The lowest BCUT2D eigenvalue weighted by Crippen LogP contribution is -2.23. The number of hydrogen-bond acceptors (Lipinski definition) is 2. The Balaban J connectivity index is 2.36. The Morgan fingerprint density at radius 3 is 2.50 bits per heavy atom. The third-order valence-electron chi connectivity index (χ3n) is 2.46. The van der Waals surface area contributed by atoms with Crippen LogP contribution in [0.5, 0.6) is 0 Å². The summed E-state index contributed by atoms with van der Waals surface area (Å²) in [5, 5.41) is 5.32. The molecule has 1 rings (SSSR count). The highest BCUT2D eigenvalue weighted by molar-refractivity contribution is 5.91. The van der Waals surface area contributed by atoms with Gasteiger partial charge in [0.1, 0.15) is 17.3 Å². The molecule has 0 aliphatic heterocycles. The van der Waals surface area contributed by atoms with Gasteiger partial charge in [-0.15, -0.1) is 0 Å². The van der Waals surface area contributed by atoms with Crippen LogP contribution in [0, 0.1) is 11.6 Å². The van der Waals surface area contributed by atoms with Gasteiger partial charge in [-0.1, -0.05) is 19.4 Å². The summed E-state index contributed by atoms with van der Waals surface area (Å²) in [7, 11) is 0. The van der Waals surface area contributed by atoms with Crippen LogP contribution >= 0.6 is 0 Å². The quantitative estimate of drug-likeness (QED) is 0.736. The molecule has 0 spiro atoms. The van der Waals surface area contributed by atoms with Crippen LogP contribution in [-0.2, 0) is 4.79 Å². The van der Waals surface area contributed by atoms with E-state index in [1.807, 2.05) is 0 Å². The lowest BCUT2D eigenvalue weighted by Gasteiger charge is -2.08. The molecule has 0 heterocycles. The molecule has 0 atom stereocenters. The van der Waals surface area contributed by atoms with Gasteiger partial charge in [0.15, 0.2) is 0 Å². The average Bonchev–Trinajstić information content (AvgIpc) is 2.34. The Hall–Kier alpha value is -1.49. The molecule has 0 aromatic heterocycles. The first kappa shape index (κ1) is 14.6. The highest BCUT2D eigenvalue weighted by atomic mass is 19.1. The first-order valence-electron chi connectivity index (χ1n) is 6.09. The lowest BCUT2D eigenvalue weighted by atomic mass is 10.2. The lowest BCUT2D eigenvalue weighted by molar-refractivity contribution is -0.116.